The molecule has 0 atom stereocenters. The average Bonchev–Trinajstić information content (AvgIpc) is 3.54. The molecule has 5 rings (SSSR count). The Hall–Kier alpha value is -1.74. The van der Waals surface area contributed by atoms with Crippen LogP contribution in [-0.4, -0.2) is 7.63 Å². The topological polar surface area (TPSA) is 0 Å². The van der Waals surface area contributed by atoms with Gasteiger partial charge < -0.3 is 0 Å². The molecule has 2 radical (unpaired) electrons. The largest absolute Gasteiger partial charge is 0.184 e. The van der Waals surface area contributed by atoms with Crippen LogP contribution < -0.4 is 0 Å². The van der Waals surface area contributed by atoms with Crippen LogP contribution in [0.2, 0.25) is 0 Å². The van der Waals surface area contributed by atoms with E-state index >= 15 is 0 Å². The second-order valence-electron chi connectivity index (χ2n) is 5.31. The van der Waals surface area contributed by atoms with Gasteiger partial charge in [0.25, 0.3) is 0 Å². The van der Waals surface area contributed by atoms with Crippen LogP contribution in [0.1, 0.15) is 6.42 Å². The van der Waals surface area contributed by atoms with Crippen molar-refractivity contribution in [3.05, 3.63) is 140 Å². The molecule has 0 bridgehead atoms. The van der Waals surface area contributed by atoms with Crippen molar-refractivity contribution in [3.8, 4) is 0 Å². The smallest absolute Gasteiger partial charge is 0.0809 e. The molecule has 4 aromatic rings. The van der Waals surface area contributed by atoms with Gasteiger partial charge >= 0.3 is 26.8 Å². The molecule has 0 amide bonds. The Kier molecular flexibility index (Phi) is 23.9. The van der Waals surface area contributed by atoms with Crippen LogP contribution in [0.15, 0.2) is 121 Å². The molecule has 0 saturated carbocycles. The zero-order valence-electron chi connectivity index (χ0n) is 16.6. The number of fused-ring (bicyclic) bond motifs is 1. The molecule has 0 aliphatic heterocycles. The molecule has 4 aromatic carbocycles. The van der Waals surface area contributed by atoms with E-state index in [1.165, 1.54) is 10.8 Å². The van der Waals surface area contributed by atoms with Crippen molar-refractivity contribution in [1.29, 1.82) is 0 Å². The summed E-state index contributed by atoms with van der Waals surface area (Å²) >= 11 is 1.81. The summed E-state index contributed by atoms with van der Waals surface area (Å²) in [5, 5.41) is 2.66. The monoisotopic (exact) mass is 482 g/mol. The van der Waals surface area contributed by atoms with Crippen LogP contribution in [0.5, 0.6) is 0 Å². The first-order valence-corrected chi connectivity index (χ1v) is 11.7. The predicted octanol–water partition coefficient (Wildman–Crippen LogP) is 7.30. The minimum absolute atomic E-state index is 0. The normalized spacial score (nSPS) is 9.30. The summed E-state index contributed by atoms with van der Waals surface area (Å²) in [5.41, 5.74) is 0. The predicted molar refractivity (Wildman–Crippen MR) is 132 cm³/mol. The zero-order valence-corrected chi connectivity index (χ0v) is 20.8. The van der Waals surface area contributed by atoms with E-state index in [9.17, 15) is 0 Å². The maximum Gasteiger partial charge on any atom is -0.0809 e. The Morgan fingerprint density at radius 3 is 1.63 bits per heavy atom. The SMILES string of the molecule is Cl.Cl.[C-]1=CC=CC1.[Si]=[Ti].[c-]1ccccc1.[c-]1ccccc1.c1ccc2[cH-]ccc2c1. The van der Waals surface area contributed by atoms with Crippen LogP contribution in [0.3, 0.4) is 0 Å². The van der Waals surface area contributed by atoms with Crippen molar-refractivity contribution in [2.24, 2.45) is 0 Å². The zero-order chi connectivity index (χ0) is 20.1. The van der Waals surface area contributed by atoms with E-state index < -0.39 is 0 Å². The molecule has 1 aliphatic carbocycles. The number of halogens is 2. The van der Waals surface area contributed by atoms with Gasteiger partial charge in [0.2, 0.25) is 0 Å². The Morgan fingerprint density at radius 2 is 1.30 bits per heavy atom. The Bertz CT molecular complexity index is 765. The summed E-state index contributed by atoms with van der Waals surface area (Å²) in [5.74, 6) is 0. The summed E-state index contributed by atoms with van der Waals surface area (Å²) < 4.78 is 0. The number of benzene rings is 3. The first-order valence-electron chi connectivity index (χ1n) is 8.86. The molecule has 0 N–H and O–H groups in total. The van der Waals surface area contributed by atoms with Gasteiger partial charge in [0.1, 0.15) is 0 Å². The summed E-state index contributed by atoms with van der Waals surface area (Å²) in [6.07, 6.45) is 10.0. The molecule has 30 heavy (non-hydrogen) atoms. The van der Waals surface area contributed by atoms with Gasteiger partial charge in [0.15, 0.2) is 0 Å². The van der Waals surface area contributed by atoms with Crippen LogP contribution >= 0.6 is 24.8 Å². The molecule has 154 valence electrons. The van der Waals surface area contributed by atoms with Gasteiger partial charge in [0.05, 0.1) is 0 Å². The third-order valence-electron chi connectivity index (χ3n) is 3.35. The van der Waals surface area contributed by atoms with Crippen molar-refractivity contribution in [1.82, 2.24) is 0 Å². The molecule has 0 saturated heterocycles. The standard InChI is InChI=1S/C9H7.2C6H5.C5H5.2ClH.Si.Ti/c1-2-5-9-7-3-6-8(9)4-1;2*1-2-4-6-5-3-1;1-2-4-5-3-1;;;;/h1-7H;2*1-5H;1-3H,4H2;2*1H;;/q4*-1;;;;. The number of allylic oxidation sites excluding steroid dienone is 4. The number of hydrogen-bond donors (Lipinski definition) is 0. The minimum atomic E-state index is 0. The average molecular weight is 483 g/mol. The second kappa shape index (κ2) is 23.5. The van der Waals surface area contributed by atoms with Gasteiger partial charge in [-0.3, -0.25) is 6.08 Å². The van der Waals surface area contributed by atoms with Crippen molar-refractivity contribution in [3.63, 3.8) is 0 Å². The molecule has 0 unspecified atom stereocenters. The number of rotatable bonds is 0. The third-order valence-corrected chi connectivity index (χ3v) is 3.35. The second-order valence-corrected chi connectivity index (χ2v) is 5.31. The van der Waals surface area contributed by atoms with Gasteiger partial charge in [-0.05, 0) is 0 Å². The van der Waals surface area contributed by atoms with E-state index in [0.29, 0.717) is 0 Å². The van der Waals surface area contributed by atoms with E-state index in [0.717, 1.165) is 6.42 Å². The van der Waals surface area contributed by atoms with E-state index in [2.05, 4.69) is 74.4 Å². The molecular weight excluding hydrogens is 459 g/mol. The van der Waals surface area contributed by atoms with Crippen molar-refractivity contribution >= 4 is 43.2 Å². The maximum absolute atomic E-state index is 2.99. The fourth-order valence-electron chi connectivity index (χ4n) is 2.09. The van der Waals surface area contributed by atoms with Gasteiger partial charge in [-0.1, -0.05) is 6.07 Å². The maximum atomic E-state index is 2.99. The van der Waals surface area contributed by atoms with Gasteiger partial charge in [-0.2, -0.15) is 96.4 Å². The van der Waals surface area contributed by atoms with Crippen molar-refractivity contribution in [2.75, 3.05) is 0 Å². The van der Waals surface area contributed by atoms with Crippen LogP contribution in [-0.2, 0) is 19.2 Å². The molecule has 1 aliphatic rings. The molecule has 0 aromatic heterocycles. The first kappa shape index (κ1) is 30.5. The van der Waals surface area contributed by atoms with E-state index in [1.54, 1.807) is 19.2 Å². The van der Waals surface area contributed by atoms with Crippen LogP contribution in [0, 0.1) is 18.2 Å². The van der Waals surface area contributed by atoms with Gasteiger partial charge in [0, 0.05) is 0 Å². The third kappa shape index (κ3) is 16.1. The molecule has 0 nitrogen and oxygen atoms in total. The molecular formula is C26H24Cl2SiTi-4. The summed E-state index contributed by atoms with van der Waals surface area (Å²) in [6.45, 7) is 0. The van der Waals surface area contributed by atoms with Crippen molar-refractivity contribution < 1.29 is 19.2 Å². The fourth-order valence-corrected chi connectivity index (χ4v) is 2.09. The summed E-state index contributed by atoms with van der Waals surface area (Å²) in [6, 6.07) is 39.7. The Balaban J connectivity index is 0. The molecule has 0 spiro atoms. The molecule has 0 heterocycles. The summed E-state index contributed by atoms with van der Waals surface area (Å²) in [4.78, 5) is 0. The van der Waals surface area contributed by atoms with E-state index in [-0.39, 0.29) is 24.8 Å². The minimum Gasteiger partial charge on any atom is -0.184 e. The fraction of sp³-hybridized carbons (Fsp3) is 0.0385. The van der Waals surface area contributed by atoms with Gasteiger partial charge in [-0.25, -0.2) is 12.2 Å². The molecule has 0 fully saturated rings. The first-order chi connectivity index (χ1) is 14.0. The van der Waals surface area contributed by atoms with Crippen LogP contribution in [0.25, 0.3) is 10.8 Å². The number of hydrogen-bond acceptors (Lipinski definition) is 0. The van der Waals surface area contributed by atoms with E-state index in [1.807, 2.05) is 72.8 Å². The van der Waals surface area contributed by atoms with Gasteiger partial charge in [-0.15, -0.1) is 60.9 Å². The Labute approximate surface area is 207 Å². The quantitative estimate of drug-likeness (QED) is 0.182. The summed E-state index contributed by atoms with van der Waals surface area (Å²) in [7, 11) is 2.97. The van der Waals surface area contributed by atoms with E-state index in [4.69, 9.17) is 0 Å². The van der Waals surface area contributed by atoms with Crippen molar-refractivity contribution in [2.45, 2.75) is 6.42 Å². The van der Waals surface area contributed by atoms with Crippen LogP contribution in [0.4, 0.5) is 0 Å². The Morgan fingerprint density at radius 1 is 0.733 bits per heavy atom. The molecule has 4 heteroatoms.